The zero-order valence-electron chi connectivity index (χ0n) is 14.5. The Morgan fingerprint density at radius 2 is 1.64 bits per heavy atom. The van der Waals surface area contributed by atoms with E-state index in [-0.39, 0.29) is 0 Å². The van der Waals surface area contributed by atoms with Crippen molar-refractivity contribution in [1.29, 1.82) is 0 Å². The number of hydrogen-bond donors (Lipinski definition) is 2. The van der Waals surface area contributed by atoms with Crippen molar-refractivity contribution in [2.24, 2.45) is 0 Å². The summed E-state index contributed by atoms with van der Waals surface area (Å²) in [6.07, 6.45) is 2.75. The second kappa shape index (κ2) is 8.94. The first kappa shape index (κ1) is 17.1. The molecule has 4 nitrogen and oxygen atoms in total. The van der Waals surface area contributed by atoms with Gasteiger partial charge in [0.1, 0.15) is 5.82 Å². The first-order chi connectivity index (χ1) is 12.3. The minimum absolute atomic E-state index is 0.345. The van der Waals surface area contributed by atoms with Crippen LogP contribution in [0.1, 0.15) is 23.9 Å². The zero-order chi connectivity index (χ0) is 17.3. The van der Waals surface area contributed by atoms with Crippen molar-refractivity contribution in [1.82, 2.24) is 15.3 Å². The van der Waals surface area contributed by atoms with Gasteiger partial charge in [-0.3, -0.25) is 4.98 Å². The summed E-state index contributed by atoms with van der Waals surface area (Å²) >= 11 is 0. The molecule has 25 heavy (non-hydrogen) atoms. The fourth-order valence-corrected chi connectivity index (χ4v) is 2.65. The van der Waals surface area contributed by atoms with Crippen LogP contribution in [0.25, 0.3) is 0 Å². The molecule has 1 unspecified atom stereocenters. The summed E-state index contributed by atoms with van der Waals surface area (Å²) in [4.78, 5) is 9.05. The Kier molecular flexibility index (Phi) is 6.12. The first-order valence-electron chi connectivity index (χ1n) is 8.66. The molecule has 0 fully saturated rings. The van der Waals surface area contributed by atoms with E-state index in [1.807, 2.05) is 54.7 Å². The molecule has 0 radical (unpaired) electrons. The molecule has 0 aliphatic carbocycles. The molecule has 3 aromatic rings. The standard InChI is InChI=1S/C21H24N4/c1-17(14-19-10-5-6-13-22-19)23-16-20-11-7-12-21(25-20)24-15-18-8-3-2-4-9-18/h2-13,17,23H,14-16H2,1H3,(H,24,25). The lowest BCUT2D eigenvalue weighted by atomic mass is 10.1. The summed E-state index contributed by atoms with van der Waals surface area (Å²) in [6, 6.07) is 22.8. The van der Waals surface area contributed by atoms with Crippen LogP contribution in [0.5, 0.6) is 0 Å². The van der Waals surface area contributed by atoms with E-state index in [0.717, 1.165) is 36.7 Å². The van der Waals surface area contributed by atoms with Crippen molar-refractivity contribution in [3.63, 3.8) is 0 Å². The van der Waals surface area contributed by atoms with Gasteiger partial charge in [0.05, 0.1) is 5.69 Å². The van der Waals surface area contributed by atoms with Gasteiger partial charge in [0.25, 0.3) is 0 Å². The predicted octanol–water partition coefficient (Wildman–Crippen LogP) is 3.81. The lowest BCUT2D eigenvalue weighted by Crippen LogP contribution is -2.28. The van der Waals surface area contributed by atoms with E-state index in [1.54, 1.807) is 0 Å². The molecule has 2 heterocycles. The maximum Gasteiger partial charge on any atom is 0.126 e. The van der Waals surface area contributed by atoms with Crippen LogP contribution in [0.4, 0.5) is 5.82 Å². The Morgan fingerprint density at radius 1 is 0.840 bits per heavy atom. The molecule has 0 aliphatic rings. The van der Waals surface area contributed by atoms with Crippen molar-refractivity contribution in [2.45, 2.75) is 32.5 Å². The Morgan fingerprint density at radius 3 is 2.44 bits per heavy atom. The summed E-state index contributed by atoms with van der Waals surface area (Å²) < 4.78 is 0. The van der Waals surface area contributed by atoms with Crippen molar-refractivity contribution in [3.8, 4) is 0 Å². The van der Waals surface area contributed by atoms with Gasteiger partial charge < -0.3 is 10.6 Å². The van der Waals surface area contributed by atoms with Gasteiger partial charge in [0.2, 0.25) is 0 Å². The lowest BCUT2D eigenvalue weighted by Gasteiger charge is -2.14. The highest BCUT2D eigenvalue weighted by Crippen LogP contribution is 2.08. The highest BCUT2D eigenvalue weighted by molar-refractivity contribution is 5.36. The van der Waals surface area contributed by atoms with E-state index in [1.165, 1.54) is 5.56 Å². The van der Waals surface area contributed by atoms with E-state index < -0.39 is 0 Å². The average Bonchev–Trinajstić information content (AvgIpc) is 2.67. The number of pyridine rings is 2. The summed E-state index contributed by atoms with van der Waals surface area (Å²) in [5, 5.41) is 6.90. The maximum absolute atomic E-state index is 4.68. The topological polar surface area (TPSA) is 49.8 Å². The number of aromatic nitrogens is 2. The molecule has 0 bridgehead atoms. The Hall–Kier alpha value is -2.72. The van der Waals surface area contributed by atoms with E-state index in [0.29, 0.717) is 6.04 Å². The van der Waals surface area contributed by atoms with Crippen LogP contribution >= 0.6 is 0 Å². The minimum Gasteiger partial charge on any atom is -0.366 e. The fraction of sp³-hybridized carbons (Fsp3) is 0.238. The molecule has 2 N–H and O–H groups in total. The van der Waals surface area contributed by atoms with Gasteiger partial charge in [0.15, 0.2) is 0 Å². The fourth-order valence-electron chi connectivity index (χ4n) is 2.65. The molecule has 0 saturated heterocycles. The largest absolute Gasteiger partial charge is 0.366 e. The molecule has 128 valence electrons. The van der Waals surface area contributed by atoms with Gasteiger partial charge >= 0.3 is 0 Å². The minimum atomic E-state index is 0.345. The molecule has 3 rings (SSSR count). The van der Waals surface area contributed by atoms with Gasteiger partial charge in [-0.25, -0.2) is 4.98 Å². The van der Waals surface area contributed by atoms with Gasteiger partial charge in [0, 0.05) is 37.4 Å². The molecular formula is C21H24N4. The van der Waals surface area contributed by atoms with Gasteiger partial charge in [-0.15, -0.1) is 0 Å². The zero-order valence-corrected chi connectivity index (χ0v) is 14.5. The Balaban J connectivity index is 1.49. The van der Waals surface area contributed by atoms with Crippen molar-refractivity contribution in [2.75, 3.05) is 5.32 Å². The van der Waals surface area contributed by atoms with Crippen LogP contribution in [-0.2, 0) is 19.5 Å². The molecule has 4 heteroatoms. The summed E-state index contributed by atoms with van der Waals surface area (Å²) in [5.74, 6) is 0.903. The third-order valence-corrected chi connectivity index (χ3v) is 4.00. The van der Waals surface area contributed by atoms with Gasteiger partial charge in [-0.2, -0.15) is 0 Å². The van der Waals surface area contributed by atoms with Crippen LogP contribution in [0.15, 0.2) is 72.9 Å². The number of nitrogens with one attached hydrogen (secondary N) is 2. The third-order valence-electron chi connectivity index (χ3n) is 4.00. The lowest BCUT2D eigenvalue weighted by molar-refractivity contribution is 0.535. The van der Waals surface area contributed by atoms with Crippen molar-refractivity contribution >= 4 is 5.82 Å². The number of rotatable bonds is 8. The van der Waals surface area contributed by atoms with Crippen LogP contribution in [0.3, 0.4) is 0 Å². The van der Waals surface area contributed by atoms with Crippen LogP contribution < -0.4 is 10.6 Å². The second-order valence-corrected chi connectivity index (χ2v) is 6.16. The third kappa shape index (κ3) is 5.69. The summed E-state index contributed by atoms with van der Waals surface area (Å²) in [7, 11) is 0. The highest BCUT2D eigenvalue weighted by Gasteiger charge is 2.05. The molecular weight excluding hydrogens is 308 g/mol. The molecule has 0 spiro atoms. The predicted molar refractivity (Wildman–Crippen MR) is 102 cm³/mol. The second-order valence-electron chi connectivity index (χ2n) is 6.16. The van der Waals surface area contributed by atoms with E-state index in [9.17, 15) is 0 Å². The summed E-state index contributed by atoms with van der Waals surface area (Å²) in [5.41, 5.74) is 3.39. The van der Waals surface area contributed by atoms with Crippen LogP contribution in [0.2, 0.25) is 0 Å². The molecule has 1 atom stereocenters. The van der Waals surface area contributed by atoms with E-state index in [4.69, 9.17) is 0 Å². The smallest absolute Gasteiger partial charge is 0.126 e. The summed E-state index contributed by atoms with van der Waals surface area (Å²) in [6.45, 7) is 3.70. The molecule has 0 saturated carbocycles. The number of hydrogen-bond acceptors (Lipinski definition) is 4. The number of nitrogens with zero attached hydrogens (tertiary/aromatic N) is 2. The van der Waals surface area contributed by atoms with Crippen molar-refractivity contribution < 1.29 is 0 Å². The molecule has 0 amide bonds. The monoisotopic (exact) mass is 332 g/mol. The van der Waals surface area contributed by atoms with E-state index in [2.05, 4.69) is 45.7 Å². The highest BCUT2D eigenvalue weighted by atomic mass is 15.0. The Bertz CT molecular complexity index is 759. The van der Waals surface area contributed by atoms with E-state index >= 15 is 0 Å². The Labute approximate surface area is 149 Å². The number of anilines is 1. The first-order valence-corrected chi connectivity index (χ1v) is 8.66. The SMILES string of the molecule is CC(Cc1ccccn1)NCc1cccc(NCc2ccccc2)n1. The van der Waals surface area contributed by atoms with Crippen molar-refractivity contribution in [3.05, 3.63) is 89.9 Å². The van der Waals surface area contributed by atoms with Crippen LogP contribution in [0, 0.1) is 0 Å². The maximum atomic E-state index is 4.68. The molecule has 2 aromatic heterocycles. The number of benzene rings is 1. The average molecular weight is 332 g/mol. The van der Waals surface area contributed by atoms with Gasteiger partial charge in [-0.05, 0) is 36.8 Å². The van der Waals surface area contributed by atoms with Crippen LogP contribution in [-0.4, -0.2) is 16.0 Å². The molecule has 0 aliphatic heterocycles. The molecule has 1 aromatic carbocycles. The van der Waals surface area contributed by atoms with Gasteiger partial charge in [-0.1, -0.05) is 42.5 Å². The normalized spacial score (nSPS) is 11.9. The quantitative estimate of drug-likeness (QED) is 0.658.